The first-order valence-electron chi connectivity index (χ1n) is 7.53. The zero-order valence-electron chi connectivity index (χ0n) is 12.1. The van der Waals surface area contributed by atoms with E-state index in [1.165, 1.54) is 0 Å². The summed E-state index contributed by atoms with van der Waals surface area (Å²) in [4.78, 5) is 13.5. The predicted octanol–water partition coefficient (Wildman–Crippen LogP) is 1.97. The fourth-order valence-electron chi connectivity index (χ4n) is 2.60. The van der Waals surface area contributed by atoms with E-state index >= 15 is 0 Å². The van der Waals surface area contributed by atoms with Crippen molar-refractivity contribution in [1.82, 2.24) is 4.90 Å². The lowest BCUT2D eigenvalue weighted by atomic mass is 10.1. The third-order valence-corrected chi connectivity index (χ3v) is 4.00. The molecule has 1 heterocycles. The van der Waals surface area contributed by atoms with Gasteiger partial charge in [-0.15, -0.1) is 0 Å². The Hall–Kier alpha value is -1.59. The summed E-state index contributed by atoms with van der Waals surface area (Å²) in [6, 6.07) is 5.38. The number of hydrogen-bond donors (Lipinski definition) is 1. The van der Waals surface area contributed by atoms with Crippen LogP contribution in [0, 0.1) is 0 Å². The van der Waals surface area contributed by atoms with Crippen LogP contribution in [0.25, 0.3) is 0 Å². The zero-order valence-corrected chi connectivity index (χ0v) is 12.1. The molecule has 21 heavy (non-hydrogen) atoms. The molecule has 0 amide bonds. The number of morpholine rings is 1. The quantitative estimate of drug-likeness (QED) is 0.868. The highest BCUT2D eigenvalue weighted by atomic mass is 16.5. The first kappa shape index (κ1) is 14.4. The maximum atomic E-state index is 11.2. The van der Waals surface area contributed by atoms with Gasteiger partial charge in [0, 0.05) is 19.6 Å². The molecule has 1 aliphatic carbocycles. The number of hydrogen-bond acceptors (Lipinski definition) is 4. The molecule has 1 aromatic rings. The fourth-order valence-corrected chi connectivity index (χ4v) is 2.60. The van der Waals surface area contributed by atoms with E-state index in [9.17, 15) is 9.90 Å². The van der Waals surface area contributed by atoms with Crippen molar-refractivity contribution in [3.63, 3.8) is 0 Å². The van der Waals surface area contributed by atoms with Crippen molar-refractivity contribution in [2.75, 3.05) is 39.5 Å². The summed E-state index contributed by atoms with van der Waals surface area (Å²) < 4.78 is 11.1. The van der Waals surface area contributed by atoms with Gasteiger partial charge >= 0.3 is 5.97 Å². The lowest BCUT2D eigenvalue weighted by Gasteiger charge is -2.26. The molecule has 1 saturated carbocycles. The maximum absolute atomic E-state index is 11.2. The Morgan fingerprint density at radius 2 is 2.05 bits per heavy atom. The minimum Gasteiger partial charge on any atom is -0.492 e. The molecular weight excluding hydrogens is 270 g/mol. The van der Waals surface area contributed by atoms with Crippen LogP contribution in [-0.2, 0) is 4.74 Å². The Bertz CT molecular complexity index is 507. The van der Waals surface area contributed by atoms with E-state index in [0.717, 1.165) is 51.3 Å². The molecule has 1 N–H and O–H groups in total. The summed E-state index contributed by atoms with van der Waals surface area (Å²) in [5.41, 5.74) is 1.41. The topological polar surface area (TPSA) is 59.0 Å². The molecule has 1 saturated heterocycles. The van der Waals surface area contributed by atoms with Gasteiger partial charge in [0.2, 0.25) is 0 Å². The fraction of sp³-hybridized carbons (Fsp3) is 0.562. The number of carboxylic acid groups (broad SMARTS) is 1. The summed E-state index contributed by atoms with van der Waals surface area (Å²) in [6.45, 7) is 4.85. The molecule has 0 atom stereocenters. The van der Waals surface area contributed by atoms with Crippen molar-refractivity contribution >= 4 is 5.97 Å². The Kier molecular flexibility index (Phi) is 4.41. The van der Waals surface area contributed by atoms with Gasteiger partial charge in [-0.05, 0) is 42.5 Å². The van der Waals surface area contributed by atoms with Crippen molar-refractivity contribution in [1.29, 1.82) is 0 Å². The zero-order chi connectivity index (χ0) is 14.7. The molecular formula is C16H21NO4. The van der Waals surface area contributed by atoms with Crippen molar-refractivity contribution in [3.8, 4) is 5.75 Å². The molecule has 0 radical (unpaired) electrons. The number of carboxylic acids is 1. The minimum absolute atomic E-state index is 0.320. The molecule has 114 valence electrons. The van der Waals surface area contributed by atoms with Crippen LogP contribution in [0.4, 0.5) is 0 Å². The molecule has 2 fully saturated rings. The van der Waals surface area contributed by atoms with E-state index in [4.69, 9.17) is 9.47 Å². The number of aromatic carboxylic acids is 1. The molecule has 0 spiro atoms. The van der Waals surface area contributed by atoms with Crippen LogP contribution in [0.1, 0.15) is 34.7 Å². The highest BCUT2D eigenvalue weighted by molar-refractivity contribution is 5.88. The Morgan fingerprint density at radius 1 is 1.29 bits per heavy atom. The minimum atomic E-state index is -0.893. The van der Waals surface area contributed by atoms with Crippen LogP contribution in [0.15, 0.2) is 18.2 Å². The molecule has 5 nitrogen and oxygen atoms in total. The number of benzene rings is 1. The lowest BCUT2D eigenvalue weighted by Crippen LogP contribution is -2.38. The maximum Gasteiger partial charge on any atom is 0.335 e. The molecule has 1 aromatic carbocycles. The third kappa shape index (κ3) is 3.95. The van der Waals surface area contributed by atoms with Crippen LogP contribution in [-0.4, -0.2) is 55.4 Å². The molecule has 2 aliphatic rings. The van der Waals surface area contributed by atoms with Gasteiger partial charge in [-0.3, -0.25) is 4.90 Å². The van der Waals surface area contributed by atoms with Crippen molar-refractivity contribution in [2.24, 2.45) is 0 Å². The molecule has 3 rings (SSSR count). The largest absolute Gasteiger partial charge is 0.492 e. The molecule has 0 bridgehead atoms. The van der Waals surface area contributed by atoms with E-state index in [1.807, 2.05) is 6.07 Å². The Labute approximate surface area is 124 Å². The highest BCUT2D eigenvalue weighted by Crippen LogP contribution is 2.41. The number of nitrogens with zero attached hydrogens (tertiary/aromatic N) is 1. The van der Waals surface area contributed by atoms with Gasteiger partial charge in [0.25, 0.3) is 0 Å². The van der Waals surface area contributed by atoms with Gasteiger partial charge in [0.15, 0.2) is 0 Å². The first-order chi connectivity index (χ1) is 10.2. The second kappa shape index (κ2) is 6.45. The summed E-state index contributed by atoms with van der Waals surface area (Å²) in [5.74, 6) is 0.298. The summed E-state index contributed by atoms with van der Waals surface area (Å²) in [7, 11) is 0. The average molecular weight is 291 g/mol. The van der Waals surface area contributed by atoms with E-state index in [2.05, 4.69) is 4.90 Å². The Morgan fingerprint density at radius 3 is 2.71 bits per heavy atom. The number of carbonyl (C=O) groups is 1. The van der Waals surface area contributed by atoms with Gasteiger partial charge in [0.05, 0.1) is 18.8 Å². The summed E-state index contributed by atoms with van der Waals surface area (Å²) in [5, 5.41) is 9.19. The second-order valence-electron chi connectivity index (χ2n) is 5.67. The SMILES string of the molecule is O=C(O)c1cc(OCCN2CCOCC2)cc(C2CC2)c1. The standard InChI is InChI=1S/C16H21NO4/c18-16(19)14-9-13(12-1-2-12)10-15(11-14)21-8-5-17-3-6-20-7-4-17/h9-12H,1-8H2,(H,18,19). The van der Waals surface area contributed by atoms with E-state index < -0.39 is 5.97 Å². The van der Waals surface area contributed by atoms with Crippen molar-refractivity contribution < 1.29 is 19.4 Å². The van der Waals surface area contributed by atoms with Crippen LogP contribution in [0.2, 0.25) is 0 Å². The lowest BCUT2D eigenvalue weighted by molar-refractivity contribution is 0.0322. The van der Waals surface area contributed by atoms with E-state index in [-0.39, 0.29) is 0 Å². The molecule has 0 unspecified atom stereocenters. The highest BCUT2D eigenvalue weighted by Gasteiger charge is 2.25. The van der Waals surface area contributed by atoms with Crippen LogP contribution in [0.3, 0.4) is 0 Å². The summed E-state index contributed by atoms with van der Waals surface area (Å²) in [6.07, 6.45) is 2.30. The monoisotopic (exact) mass is 291 g/mol. The third-order valence-electron chi connectivity index (χ3n) is 4.00. The second-order valence-corrected chi connectivity index (χ2v) is 5.67. The molecule has 5 heteroatoms. The average Bonchev–Trinajstić information content (AvgIpc) is 3.33. The van der Waals surface area contributed by atoms with Crippen LogP contribution < -0.4 is 4.74 Å². The van der Waals surface area contributed by atoms with Crippen molar-refractivity contribution in [3.05, 3.63) is 29.3 Å². The molecule has 0 aromatic heterocycles. The van der Waals surface area contributed by atoms with Gasteiger partial charge in [-0.25, -0.2) is 4.79 Å². The van der Waals surface area contributed by atoms with Gasteiger partial charge in [0.1, 0.15) is 12.4 Å². The van der Waals surface area contributed by atoms with Crippen molar-refractivity contribution in [2.45, 2.75) is 18.8 Å². The normalized spacial score (nSPS) is 19.4. The van der Waals surface area contributed by atoms with Gasteiger partial charge in [-0.1, -0.05) is 0 Å². The van der Waals surface area contributed by atoms with E-state index in [0.29, 0.717) is 23.8 Å². The van der Waals surface area contributed by atoms with Gasteiger partial charge < -0.3 is 14.6 Å². The molecule has 1 aliphatic heterocycles. The number of ether oxygens (including phenoxy) is 2. The van der Waals surface area contributed by atoms with E-state index in [1.54, 1.807) is 12.1 Å². The smallest absolute Gasteiger partial charge is 0.335 e. The first-order valence-corrected chi connectivity index (χ1v) is 7.53. The van der Waals surface area contributed by atoms with Crippen LogP contribution >= 0.6 is 0 Å². The van der Waals surface area contributed by atoms with Gasteiger partial charge in [-0.2, -0.15) is 0 Å². The predicted molar refractivity (Wildman–Crippen MR) is 78.1 cm³/mol. The Balaban J connectivity index is 1.59. The number of rotatable bonds is 6. The summed E-state index contributed by atoms with van der Waals surface area (Å²) >= 11 is 0. The van der Waals surface area contributed by atoms with Crippen LogP contribution in [0.5, 0.6) is 5.75 Å².